The van der Waals surface area contributed by atoms with Crippen molar-refractivity contribution in [2.45, 2.75) is 32.9 Å². The molecule has 1 aliphatic heterocycles. The lowest BCUT2D eigenvalue weighted by Gasteiger charge is -2.32. The molecule has 0 atom stereocenters. The third-order valence-electron chi connectivity index (χ3n) is 6.24. The van der Waals surface area contributed by atoms with Crippen LogP contribution in [-0.4, -0.2) is 45.9 Å². The lowest BCUT2D eigenvalue weighted by atomic mass is 9.95. The summed E-state index contributed by atoms with van der Waals surface area (Å²) in [7, 11) is 0. The second-order valence-corrected chi connectivity index (χ2v) is 10.2. The number of benzene rings is 2. The number of ether oxygens (including phenoxy) is 1. The predicted molar refractivity (Wildman–Crippen MR) is 142 cm³/mol. The number of hydrogen-bond donors (Lipinski definition) is 1. The van der Waals surface area contributed by atoms with E-state index in [9.17, 15) is 9.59 Å². The van der Waals surface area contributed by atoms with Crippen LogP contribution in [0.4, 0.5) is 5.13 Å². The summed E-state index contributed by atoms with van der Waals surface area (Å²) in [5.41, 5.74) is 4.67. The summed E-state index contributed by atoms with van der Waals surface area (Å²) < 4.78 is 5.50. The summed E-state index contributed by atoms with van der Waals surface area (Å²) >= 11 is 7.25. The van der Waals surface area contributed by atoms with E-state index in [1.54, 1.807) is 12.1 Å². The summed E-state index contributed by atoms with van der Waals surface area (Å²) in [4.78, 5) is 37.4. The van der Waals surface area contributed by atoms with E-state index in [4.69, 9.17) is 21.3 Å². The van der Waals surface area contributed by atoms with Crippen LogP contribution in [0.25, 0.3) is 22.2 Å². The van der Waals surface area contributed by atoms with Gasteiger partial charge in [-0.25, -0.2) is 9.78 Å². The second kappa shape index (κ2) is 10.3. The molecule has 7 nitrogen and oxygen atoms in total. The van der Waals surface area contributed by atoms with Gasteiger partial charge in [-0.1, -0.05) is 41.9 Å². The Morgan fingerprint density at radius 1 is 1.14 bits per heavy atom. The number of anilines is 1. The van der Waals surface area contributed by atoms with Gasteiger partial charge in [0.25, 0.3) is 5.91 Å². The van der Waals surface area contributed by atoms with Crippen LogP contribution in [0.1, 0.15) is 35.5 Å². The van der Waals surface area contributed by atoms with E-state index < -0.39 is 18.5 Å². The first-order valence-corrected chi connectivity index (χ1v) is 13.0. The van der Waals surface area contributed by atoms with E-state index in [0.717, 1.165) is 46.4 Å². The number of pyridine rings is 1. The first kappa shape index (κ1) is 24.4. The number of nitrogens with zero attached hydrogens (tertiary/aromatic N) is 3. The van der Waals surface area contributed by atoms with Crippen LogP contribution in [0.15, 0.2) is 53.9 Å². The Kier molecular flexibility index (Phi) is 7.00. The number of esters is 1. The Morgan fingerprint density at radius 3 is 2.69 bits per heavy atom. The van der Waals surface area contributed by atoms with Crippen molar-refractivity contribution in [3.8, 4) is 11.3 Å². The fraction of sp³-hybridized carbons (Fsp3) is 0.259. The van der Waals surface area contributed by atoms with Crippen molar-refractivity contribution >= 4 is 50.8 Å². The molecule has 2 aromatic heterocycles. The van der Waals surface area contributed by atoms with E-state index in [0.29, 0.717) is 28.3 Å². The molecule has 9 heteroatoms. The zero-order valence-corrected chi connectivity index (χ0v) is 21.5. The van der Waals surface area contributed by atoms with Crippen molar-refractivity contribution in [1.82, 2.24) is 14.9 Å². The Morgan fingerprint density at radius 2 is 1.92 bits per heavy atom. The van der Waals surface area contributed by atoms with Crippen molar-refractivity contribution in [3.63, 3.8) is 0 Å². The third kappa shape index (κ3) is 5.11. The lowest BCUT2D eigenvalue weighted by Crippen LogP contribution is -2.37. The van der Waals surface area contributed by atoms with Crippen LogP contribution in [0, 0.1) is 0 Å². The Labute approximate surface area is 218 Å². The van der Waals surface area contributed by atoms with Crippen LogP contribution in [0.3, 0.4) is 0 Å². The van der Waals surface area contributed by atoms with Gasteiger partial charge in [-0.3, -0.25) is 20.0 Å². The summed E-state index contributed by atoms with van der Waals surface area (Å²) in [5, 5.41) is 6.37. The largest absolute Gasteiger partial charge is 0.452 e. The number of rotatable bonds is 6. The van der Waals surface area contributed by atoms with Gasteiger partial charge in [-0.15, -0.1) is 11.3 Å². The molecule has 0 bridgehead atoms. The van der Waals surface area contributed by atoms with Crippen LogP contribution in [-0.2, 0) is 22.5 Å². The molecule has 0 radical (unpaired) electrons. The maximum absolute atomic E-state index is 13.3. The zero-order chi connectivity index (χ0) is 25.2. The van der Waals surface area contributed by atoms with Crippen LogP contribution in [0.5, 0.6) is 0 Å². The highest BCUT2D eigenvalue weighted by atomic mass is 35.5. The molecule has 1 amide bonds. The molecule has 36 heavy (non-hydrogen) atoms. The van der Waals surface area contributed by atoms with Gasteiger partial charge in [0.1, 0.15) is 0 Å². The molecule has 4 aromatic rings. The number of amides is 1. The lowest BCUT2D eigenvalue weighted by molar-refractivity contribution is -0.119. The van der Waals surface area contributed by atoms with Gasteiger partial charge in [0.15, 0.2) is 11.7 Å². The number of carbonyl (C=O) groups is 2. The number of fused-ring (bicyclic) bond motifs is 2. The minimum Gasteiger partial charge on any atom is -0.452 e. The quantitative estimate of drug-likeness (QED) is 0.334. The first-order valence-electron chi connectivity index (χ1n) is 11.7. The van der Waals surface area contributed by atoms with Crippen molar-refractivity contribution in [2.75, 3.05) is 18.5 Å². The topological polar surface area (TPSA) is 84.4 Å². The van der Waals surface area contributed by atoms with E-state index >= 15 is 0 Å². The average Bonchev–Trinajstić information content (AvgIpc) is 3.34. The van der Waals surface area contributed by atoms with Gasteiger partial charge in [-0.05, 0) is 32.0 Å². The van der Waals surface area contributed by atoms with Crippen molar-refractivity contribution < 1.29 is 14.3 Å². The third-order valence-corrected chi connectivity index (χ3v) is 7.24. The first-order chi connectivity index (χ1) is 17.4. The van der Waals surface area contributed by atoms with Gasteiger partial charge in [0.05, 0.1) is 16.8 Å². The number of thiazole rings is 1. The van der Waals surface area contributed by atoms with Gasteiger partial charge < -0.3 is 4.74 Å². The van der Waals surface area contributed by atoms with Gasteiger partial charge in [-0.2, -0.15) is 0 Å². The molecule has 2 aromatic carbocycles. The van der Waals surface area contributed by atoms with E-state index in [1.165, 1.54) is 11.3 Å². The Hall–Kier alpha value is -3.33. The van der Waals surface area contributed by atoms with Crippen molar-refractivity contribution in [2.24, 2.45) is 0 Å². The molecule has 0 saturated heterocycles. The molecule has 0 saturated carbocycles. The summed E-state index contributed by atoms with van der Waals surface area (Å²) in [6, 6.07) is 15.2. The fourth-order valence-electron chi connectivity index (χ4n) is 4.33. The van der Waals surface area contributed by atoms with Crippen LogP contribution < -0.4 is 5.32 Å². The molecule has 5 rings (SSSR count). The second-order valence-electron chi connectivity index (χ2n) is 8.91. The summed E-state index contributed by atoms with van der Waals surface area (Å²) in [6.45, 7) is 5.37. The number of carbonyl (C=O) groups excluding carboxylic acids is 2. The van der Waals surface area contributed by atoms with Crippen LogP contribution in [0.2, 0.25) is 5.02 Å². The van der Waals surface area contributed by atoms with E-state index in [2.05, 4.69) is 29.0 Å². The van der Waals surface area contributed by atoms with Crippen molar-refractivity contribution in [1.29, 1.82) is 0 Å². The molecule has 1 N–H and O–H groups in total. The normalized spacial score (nSPS) is 13.6. The Balaban J connectivity index is 1.31. The number of para-hydroxylation sites is 1. The molecular formula is C27H25ClN4O3S. The van der Waals surface area contributed by atoms with E-state index in [-0.39, 0.29) is 0 Å². The fourth-order valence-corrected chi connectivity index (χ4v) is 5.19. The Bertz CT molecular complexity index is 1430. The number of nitrogens with one attached hydrogen (secondary N) is 1. The van der Waals surface area contributed by atoms with E-state index in [1.807, 2.05) is 41.8 Å². The summed E-state index contributed by atoms with van der Waals surface area (Å²) in [6.07, 6.45) is 0.763. The smallest absolute Gasteiger partial charge is 0.339 e. The molecule has 184 valence electrons. The standard InChI is InChI=1S/C27H25ClN4O3S/c1-16(2)32-12-11-22-20(13-32)25(19-5-3-4-6-21(19)29-22)26(34)35-14-24(33)31-27-30-23(15-36-27)17-7-9-18(28)10-8-17/h3-10,15-16H,11-14H2,1-2H3,(H,30,31,33). The predicted octanol–water partition coefficient (Wildman–Crippen LogP) is 5.57. The molecule has 0 spiro atoms. The zero-order valence-electron chi connectivity index (χ0n) is 20.0. The molecule has 0 aliphatic carbocycles. The average molecular weight is 521 g/mol. The molecule has 1 aliphatic rings. The van der Waals surface area contributed by atoms with Gasteiger partial charge >= 0.3 is 5.97 Å². The highest BCUT2D eigenvalue weighted by molar-refractivity contribution is 7.14. The number of aromatic nitrogens is 2. The minimum absolute atomic E-state index is 0.343. The van der Waals surface area contributed by atoms with Gasteiger partial charge in [0, 0.05) is 58.2 Å². The SMILES string of the molecule is CC(C)N1CCc2nc3ccccc3c(C(=O)OCC(=O)Nc3nc(-c4ccc(Cl)cc4)cs3)c2C1. The van der Waals surface area contributed by atoms with Gasteiger partial charge in [0.2, 0.25) is 0 Å². The van der Waals surface area contributed by atoms with Crippen molar-refractivity contribution in [3.05, 3.63) is 75.8 Å². The molecule has 0 unspecified atom stereocenters. The molecule has 0 fully saturated rings. The van der Waals surface area contributed by atoms with Crippen LogP contribution >= 0.6 is 22.9 Å². The number of hydrogen-bond acceptors (Lipinski definition) is 7. The highest BCUT2D eigenvalue weighted by Crippen LogP contribution is 2.30. The monoisotopic (exact) mass is 520 g/mol. The summed E-state index contributed by atoms with van der Waals surface area (Å²) in [5.74, 6) is -0.969. The highest BCUT2D eigenvalue weighted by Gasteiger charge is 2.28. The maximum atomic E-state index is 13.3. The molecular weight excluding hydrogens is 496 g/mol. The molecule has 3 heterocycles. The minimum atomic E-state index is -0.522. The maximum Gasteiger partial charge on any atom is 0.339 e. The number of halogens is 1.